The van der Waals surface area contributed by atoms with Gasteiger partial charge >= 0.3 is 0 Å². The number of benzene rings is 1. The third-order valence-corrected chi connectivity index (χ3v) is 6.61. The second-order valence-corrected chi connectivity index (χ2v) is 7.64. The summed E-state index contributed by atoms with van der Waals surface area (Å²) in [6, 6.07) is 7.64. The second kappa shape index (κ2) is 6.70. The first-order chi connectivity index (χ1) is 10.1. The van der Waals surface area contributed by atoms with Crippen LogP contribution < -0.4 is 5.32 Å². The van der Waals surface area contributed by atoms with Gasteiger partial charge in [0, 0.05) is 34.6 Å². The highest BCUT2D eigenvalue weighted by atomic mass is 32.2. The third-order valence-electron chi connectivity index (χ3n) is 3.24. The minimum absolute atomic E-state index is 0.321. The van der Waals surface area contributed by atoms with Gasteiger partial charge in [-0.1, -0.05) is 31.2 Å². The van der Waals surface area contributed by atoms with Crippen molar-refractivity contribution in [2.24, 2.45) is 0 Å². The van der Waals surface area contributed by atoms with Crippen LogP contribution in [0.2, 0.25) is 0 Å². The lowest BCUT2D eigenvalue weighted by Crippen LogP contribution is -2.31. The van der Waals surface area contributed by atoms with Crippen molar-refractivity contribution < 1.29 is 8.42 Å². The first kappa shape index (κ1) is 16.2. The van der Waals surface area contributed by atoms with Crippen LogP contribution in [0.4, 0.5) is 0 Å². The van der Waals surface area contributed by atoms with Gasteiger partial charge < -0.3 is 5.32 Å². The molecule has 0 saturated heterocycles. The molecule has 2 aromatic rings. The molecule has 0 aliphatic carbocycles. The number of hydrogen-bond acceptors (Lipinski definition) is 4. The molecular formula is C15H20N2O2S2. The number of sulfonamides is 1. The maximum atomic E-state index is 13.0. The molecule has 1 heterocycles. The van der Waals surface area contributed by atoms with Gasteiger partial charge in [0.25, 0.3) is 0 Å². The molecule has 0 atom stereocenters. The Morgan fingerprint density at radius 2 is 2.10 bits per heavy atom. The zero-order valence-corrected chi connectivity index (χ0v) is 13.9. The summed E-state index contributed by atoms with van der Waals surface area (Å²) in [5, 5.41) is 3.85. The Bertz CT molecular complexity index is 735. The Kier molecular flexibility index (Phi) is 5.16. The molecule has 0 unspecified atom stereocenters. The molecule has 1 N–H and O–H groups in total. The lowest BCUT2D eigenvalue weighted by atomic mass is 10.2. The largest absolute Gasteiger partial charge is 0.315 e. The molecule has 0 spiro atoms. The van der Waals surface area contributed by atoms with Gasteiger partial charge in [-0.05, 0) is 13.1 Å². The van der Waals surface area contributed by atoms with Crippen LogP contribution in [-0.4, -0.2) is 32.9 Å². The highest BCUT2D eigenvalue weighted by Gasteiger charge is 2.28. The molecule has 1 aromatic heterocycles. The normalized spacial score (nSPS) is 12.1. The van der Waals surface area contributed by atoms with Crippen LogP contribution in [-0.2, 0) is 16.6 Å². The Morgan fingerprint density at radius 3 is 2.71 bits per heavy atom. The van der Waals surface area contributed by atoms with Gasteiger partial charge in [0.2, 0.25) is 10.0 Å². The van der Waals surface area contributed by atoms with E-state index in [1.807, 2.05) is 38.2 Å². The smallest absolute Gasteiger partial charge is 0.245 e. The molecule has 0 amide bonds. The van der Waals surface area contributed by atoms with E-state index in [2.05, 4.69) is 11.9 Å². The predicted molar refractivity (Wildman–Crippen MR) is 89.2 cm³/mol. The molecule has 0 aliphatic rings. The molecule has 0 radical (unpaired) electrons. The van der Waals surface area contributed by atoms with Gasteiger partial charge in [-0.3, -0.25) is 0 Å². The van der Waals surface area contributed by atoms with Crippen LogP contribution in [0.3, 0.4) is 0 Å². The SMILES string of the molecule is C=CCN(CC)S(=O)(=O)c1c(CNC)sc2ccccc12. The van der Waals surface area contributed by atoms with Crippen molar-refractivity contribution in [2.45, 2.75) is 18.4 Å². The number of rotatable bonds is 7. The van der Waals surface area contributed by atoms with Crippen molar-refractivity contribution in [1.29, 1.82) is 0 Å². The van der Waals surface area contributed by atoms with Crippen molar-refractivity contribution in [3.05, 3.63) is 41.8 Å². The maximum Gasteiger partial charge on any atom is 0.245 e. The van der Waals surface area contributed by atoms with Gasteiger partial charge in [-0.25, -0.2) is 8.42 Å². The molecular weight excluding hydrogens is 304 g/mol. The van der Waals surface area contributed by atoms with Crippen molar-refractivity contribution >= 4 is 31.4 Å². The van der Waals surface area contributed by atoms with Crippen LogP contribution in [0.15, 0.2) is 41.8 Å². The van der Waals surface area contributed by atoms with Crippen LogP contribution >= 0.6 is 11.3 Å². The van der Waals surface area contributed by atoms with Gasteiger partial charge in [-0.2, -0.15) is 4.31 Å². The lowest BCUT2D eigenvalue weighted by Gasteiger charge is -2.19. The zero-order valence-electron chi connectivity index (χ0n) is 12.3. The molecule has 0 saturated carbocycles. The molecule has 0 bridgehead atoms. The highest BCUT2D eigenvalue weighted by Crippen LogP contribution is 2.36. The van der Waals surface area contributed by atoms with E-state index in [0.29, 0.717) is 24.5 Å². The quantitative estimate of drug-likeness (QED) is 0.797. The summed E-state index contributed by atoms with van der Waals surface area (Å²) < 4.78 is 28.4. The van der Waals surface area contributed by atoms with E-state index in [-0.39, 0.29) is 0 Å². The van der Waals surface area contributed by atoms with Gasteiger partial charge in [0.1, 0.15) is 4.90 Å². The van der Waals surface area contributed by atoms with E-state index in [4.69, 9.17) is 0 Å². The van der Waals surface area contributed by atoms with Gasteiger partial charge in [0.15, 0.2) is 0 Å². The van der Waals surface area contributed by atoms with E-state index >= 15 is 0 Å². The van der Waals surface area contributed by atoms with Crippen molar-refractivity contribution in [3.63, 3.8) is 0 Å². The Morgan fingerprint density at radius 1 is 1.38 bits per heavy atom. The van der Waals surface area contributed by atoms with Crippen molar-refractivity contribution in [1.82, 2.24) is 9.62 Å². The van der Waals surface area contributed by atoms with Crippen LogP contribution in [0.5, 0.6) is 0 Å². The summed E-state index contributed by atoms with van der Waals surface area (Å²) >= 11 is 1.53. The summed E-state index contributed by atoms with van der Waals surface area (Å²) in [6.45, 7) is 6.78. The monoisotopic (exact) mass is 324 g/mol. The van der Waals surface area contributed by atoms with E-state index in [1.54, 1.807) is 6.08 Å². The molecule has 0 aliphatic heterocycles. The summed E-state index contributed by atoms with van der Waals surface area (Å²) in [5.74, 6) is 0. The van der Waals surface area contributed by atoms with Crippen LogP contribution in [0.25, 0.3) is 10.1 Å². The summed E-state index contributed by atoms with van der Waals surface area (Å²) in [4.78, 5) is 1.28. The predicted octanol–water partition coefficient (Wildman–Crippen LogP) is 2.82. The standard InChI is InChI=1S/C15H20N2O2S2/c1-4-10-17(5-2)21(18,19)15-12-8-6-7-9-13(12)20-14(15)11-16-3/h4,6-9,16H,1,5,10-11H2,2-3H3. The Labute approximate surface area is 130 Å². The number of fused-ring (bicyclic) bond motifs is 1. The fourth-order valence-electron chi connectivity index (χ4n) is 2.30. The van der Waals surface area contributed by atoms with E-state index in [9.17, 15) is 8.42 Å². The summed E-state index contributed by atoms with van der Waals surface area (Å²) in [5.41, 5.74) is 0. The molecule has 4 nitrogen and oxygen atoms in total. The highest BCUT2D eigenvalue weighted by molar-refractivity contribution is 7.89. The Hall–Kier alpha value is -1.21. The molecule has 2 rings (SSSR count). The molecule has 21 heavy (non-hydrogen) atoms. The number of hydrogen-bond donors (Lipinski definition) is 1. The van der Waals surface area contributed by atoms with Crippen LogP contribution in [0.1, 0.15) is 11.8 Å². The maximum absolute atomic E-state index is 13.0. The van der Waals surface area contributed by atoms with E-state index in [1.165, 1.54) is 15.6 Å². The molecule has 6 heteroatoms. The fraction of sp³-hybridized carbons (Fsp3) is 0.333. The van der Waals surface area contributed by atoms with Crippen molar-refractivity contribution in [3.8, 4) is 0 Å². The third kappa shape index (κ3) is 3.03. The van der Waals surface area contributed by atoms with E-state index < -0.39 is 10.0 Å². The first-order valence-electron chi connectivity index (χ1n) is 6.82. The number of thiophene rings is 1. The van der Waals surface area contributed by atoms with Crippen molar-refractivity contribution in [2.75, 3.05) is 20.1 Å². The Balaban J connectivity index is 2.67. The molecule has 0 fully saturated rings. The zero-order chi connectivity index (χ0) is 15.5. The fourth-order valence-corrected chi connectivity index (χ4v) is 5.63. The van der Waals surface area contributed by atoms with Gasteiger partial charge in [0.05, 0.1) is 0 Å². The summed E-state index contributed by atoms with van der Waals surface area (Å²) in [6.07, 6.45) is 1.62. The van der Waals surface area contributed by atoms with E-state index in [0.717, 1.165) is 15.0 Å². The second-order valence-electron chi connectivity index (χ2n) is 4.63. The van der Waals surface area contributed by atoms with Gasteiger partial charge in [-0.15, -0.1) is 17.9 Å². The topological polar surface area (TPSA) is 49.4 Å². The number of likely N-dealkylation sites (N-methyl/N-ethyl adjacent to an activating group) is 1. The van der Waals surface area contributed by atoms with Crippen LogP contribution in [0, 0.1) is 0 Å². The summed E-state index contributed by atoms with van der Waals surface area (Å²) in [7, 11) is -1.70. The average molecular weight is 324 g/mol. The number of nitrogens with one attached hydrogen (secondary N) is 1. The molecule has 1 aromatic carbocycles. The minimum Gasteiger partial charge on any atom is -0.315 e. The molecule has 114 valence electrons. The number of nitrogens with zero attached hydrogens (tertiary/aromatic N) is 1. The first-order valence-corrected chi connectivity index (χ1v) is 9.08. The minimum atomic E-state index is -3.52. The average Bonchev–Trinajstić information content (AvgIpc) is 2.83. The lowest BCUT2D eigenvalue weighted by molar-refractivity contribution is 0.460.